The monoisotopic (exact) mass is 268 g/mol. The molecule has 1 N–H and O–H groups in total. The van der Waals surface area contributed by atoms with Gasteiger partial charge in [0, 0.05) is 16.9 Å². The van der Waals surface area contributed by atoms with E-state index < -0.39 is 0 Å². The molecule has 1 aliphatic carbocycles. The van der Waals surface area contributed by atoms with E-state index in [4.69, 9.17) is 4.74 Å². The van der Waals surface area contributed by atoms with Crippen molar-refractivity contribution in [3.63, 3.8) is 0 Å². The summed E-state index contributed by atoms with van der Waals surface area (Å²) in [5.41, 5.74) is 3.92. The summed E-state index contributed by atoms with van der Waals surface area (Å²) in [7, 11) is 0. The predicted octanol–water partition coefficient (Wildman–Crippen LogP) is 1.85. The van der Waals surface area contributed by atoms with E-state index in [1.165, 1.54) is 16.8 Å². The number of rotatable bonds is 1. The van der Waals surface area contributed by atoms with Gasteiger partial charge in [-0.3, -0.25) is 0 Å². The Hall–Kier alpha value is -1.65. The number of benzene rings is 1. The van der Waals surface area contributed by atoms with Crippen LogP contribution in [0.3, 0.4) is 0 Å². The maximum Gasteiger partial charge on any atom is 0.0956 e. The molecule has 2 aliphatic heterocycles. The lowest BCUT2D eigenvalue weighted by Gasteiger charge is -2.60. The fourth-order valence-electron chi connectivity index (χ4n) is 4.39. The van der Waals surface area contributed by atoms with E-state index >= 15 is 0 Å². The third kappa shape index (κ3) is 1.13. The number of aromatic nitrogens is 2. The lowest BCUT2D eigenvalue weighted by molar-refractivity contribution is -0.250. The van der Waals surface area contributed by atoms with Crippen LogP contribution in [0, 0.1) is 11.3 Å². The van der Waals surface area contributed by atoms with Gasteiger partial charge in [-0.1, -0.05) is 24.3 Å². The van der Waals surface area contributed by atoms with Crippen molar-refractivity contribution in [3.05, 3.63) is 42.4 Å². The molecule has 3 aliphatic rings. The number of hydrogen-bond donors (Lipinski definition) is 1. The standard InChI is InChI=1S/C16H16N2O2/c19-13-5-16(7-20-8-16)14(13)15-11-4-2-1-3-10(11)12-6-17-9-18(12)15/h1-4,6,9,13-15,19H,5,7-8H2/t13-,14+,15+/m1/s1. The number of hydrogen-bond acceptors (Lipinski definition) is 3. The normalized spacial score (nSPS) is 32.4. The second-order valence-electron chi connectivity index (χ2n) is 6.37. The topological polar surface area (TPSA) is 47.3 Å². The SMILES string of the molecule is O[C@@H]1CC2(COC2)[C@@H]1[C@@H]1c2ccccc2-c2cncn21. The fourth-order valence-corrected chi connectivity index (χ4v) is 4.39. The van der Waals surface area contributed by atoms with Crippen molar-refractivity contribution in [2.75, 3.05) is 13.2 Å². The molecule has 0 unspecified atom stereocenters. The highest BCUT2D eigenvalue weighted by Crippen LogP contribution is 2.60. The average molecular weight is 268 g/mol. The van der Waals surface area contributed by atoms with Gasteiger partial charge in [0.05, 0.1) is 43.6 Å². The lowest BCUT2D eigenvalue weighted by Crippen LogP contribution is -2.64. The average Bonchev–Trinajstić information content (AvgIpc) is 2.97. The van der Waals surface area contributed by atoms with E-state index in [1.807, 2.05) is 12.5 Å². The molecule has 1 spiro atoms. The molecule has 3 atom stereocenters. The lowest BCUT2D eigenvalue weighted by atomic mass is 9.53. The molecule has 4 nitrogen and oxygen atoms in total. The van der Waals surface area contributed by atoms with Gasteiger partial charge in [-0.2, -0.15) is 0 Å². The van der Waals surface area contributed by atoms with E-state index in [0.29, 0.717) is 0 Å². The van der Waals surface area contributed by atoms with Crippen molar-refractivity contribution in [3.8, 4) is 11.3 Å². The van der Waals surface area contributed by atoms with Crippen molar-refractivity contribution in [2.45, 2.75) is 18.6 Å². The van der Waals surface area contributed by atoms with Crippen molar-refractivity contribution in [1.82, 2.24) is 9.55 Å². The smallest absolute Gasteiger partial charge is 0.0956 e. The van der Waals surface area contributed by atoms with Crippen molar-refractivity contribution < 1.29 is 9.84 Å². The van der Waals surface area contributed by atoms with E-state index in [9.17, 15) is 5.11 Å². The van der Waals surface area contributed by atoms with Crippen LogP contribution >= 0.6 is 0 Å². The molecule has 2 fully saturated rings. The molecule has 1 aromatic heterocycles. The second-order valence-corrected chi connectivity index (χ2v) is 6.37. The number of fused-ring (bicyclic) bond motifs is 3. The highest BCUT2D eigenvalue weighted by Gasteiger charge is 2.62. The first-order chi connectivity index (χ1) is 9.80. The molecule has 5 rings (SSSR count). The minimum Gasteiger partial charge on any atom is -0.393 e. The quantitative estimate of drug-likeness (QED) is 0.858. The molecule has 1 aromatic carbocycles. The number of imidazole rings is 1. The van der Waals surface area contributed by atoms with Crippen LogP contribution in [0.25, 0.3) is 11.3 Å². The maximum atomic E-state index is 10.4. The molecular weight excluding hydrogens is 252 g/mol. The Labute approximate surface area is 117 Å². The zero-order chi connectivity index (χ0) is 13.3. The summed E-state index contributed by atoms with van der Waals surface area (Å²) in [5.74, 6) is 0.243. The van der Waals surface area contributed by atoms with Crippen molar-refractivity contribution >= 4 is 0 Å². The Morgan fingerprint density at radius 2 is 2.15 bits per heavy atom. The number of aliphatic hydroxyl groups excluding tert-OH is 1. The van der Waals surface area contributed by atoms with Crippen LogP contribution in [-0.2, 0) is 4.74 Å². The van der Waals surface area contributed by atoms with Crippen LogP contribution in [-0.4, -0.2) is 34.0 Å². The third-order valence-corrected chi connectivity index (χ3v) is 5.38. The van der Waals surface area contributed by atoms with Gasteiger partial charge in [0.15, 0.2) is 0 Å². The minimum absolute atomic E-state index is 0.184. The molecule has 3 heterocycles. The first kappa shape index (κ1) is 11.1. The van der Waals surface area contributed by atoms with Crippen LogP contribution in [0.15, 0.2) is 36.8 Å². The first-order valence-electron chi connectivity index (χ1n) is 7.17. The van der Waals surface area contributed by atoms with E-state index in [0.717, 1.165) is 19.6 Å². The molecule has 4 heteroatoms. The summed E-state index contributed by atoms with van der Waals surface area (Å²) in [4.78, 5) is 4.30. The molecule has 102 valence electrons. The summed E-state index contributed by atoms with van der Waals surface area (Å²) >= 11 is 0. The zero-order valence-electron chi connectivity index (χ0n) is 11.1. The molecule has 2 aromatic rings. The second kappa shape index (κ2) is 3.51. The Balaban J connectivity index is 1.68. The Morgan fingerprint density at radius 1 is 1.30 bits per heavy atom. The summed E-state index contributed by atoms with van der Waals surface area (Å²) in [6.07, 6.45) is 4.47. The van der Waals surface area contributed by atoms with Crippen LogP contribution in [0.4, 0.5) is 0 Å². The van der Waals surface area contributed by atoms with Gasteiger partial charge >= 0.3 is 0 Å². The van der Waals surface area contributed by atoms with Gasteiger partial charge < -0.3 is 14.4 Å². The Bertz CT molecular complexity index is 689. The van der Waals surface area contributed by atoms with Gasteiger partial charge in [0.2, 0.25) is 0 Å². The summed E-state index contributed by atoms with van der Waals surface area (Å²) in [5, 5.41) is 10.4. The largest absolute Gasteiger partial charge is 0.393 e. The van der Waals surface area contributed by atoms with Gasteiger partial charge in [0.1, 0.15) is 0 Å². The summed E-state index contributed by atoms with van der Waals surface area (Å²) < 4.78 is 7.67. The van der Waals surface area contributed by atoms with Gasteiger partial charge in [0.25, 0.3) is 0 Å². The maximum absolute atomic E-state index is 10.4. The molecule has 1 saturated carbocycles. The molecule has 1 saturated heterocycles. The van der Waals surface area contributed by atoms with Gasteiger partial charge in [-0.25, -0.2) is 4.98 Å². The first-order valence-corrected chi connectivity index (χ1v) is 7.17. The third-order valence-electron chi connectivity index (χ3n) is 5.38. The van der Waals surface area contributed by atoms with Crippen LogP contribution in [0.2, 0.25) is 0 Å². The predicted molar refractivity (Wildman–Crippen MR) is 73.2 cm³/mol. The van der Waals surface area contributed by atoms with E-state index in [2.05, 4.69) is 33.8 Å². The molecule has 0 radical (unpaired) electrons. The number of ether oxygens (including phenoxy) is 1. The van der Waals surface area contributed by atoms with Crippen LogP contribution in [0.5, 0.6) is 0 Å². The zero-order valence-corrected chi connectivity index (χ0v) is 11.1. The summed E-state index contributed by atoms with van der Waals surface area (Å²) in [6, 6.07) is 8.69. The van der Waals surface area contributed by atoms with Crippen molar-refractivity contribution in [1.29, 1.82) is 0 Å². The molecule has 0 amide bonds. The minimum atomic E-state index is -0.231. The van der Waals surface area contributed by atoms with Gasteiger partial charge in [-0.05, 0) is 12.0 Å². The van der Waals surface area contributed by atoms with Crippen LogP contribution < -0.4 is 0 Å². The molecule has 20 heavy (non-hydrogen) atoms. The number of nitrogens with zero attached hydrogens (tertiary/aromatic N) is 2. The van der Waals surface area contributed by atoms with E-state index in [-0.39, 0.29) is 23.5 Å². The highest BCUT2D eigenvalue weighted by molar-refractivity contribution is 5.69. The van der Waals surface area contributed by atoms with Crippen LogP contribution in [0.1, 0.15) is 18.0 Å². The molecular formula is C16H16N2O2. The van der Waals surface area contributed by atoms with Crippen molar-refractivity contribution in [2.24, 2.45) is 11.3 Å². The summed E-state index contributed by atoms with van der Waals surface area (Å²) in [6.45, 7) is 1.58. The Kier molecular flexibility index (Phi) is 1.94. The van der Waals surface area contributed by atoms with Gasteiger partial charge in [-0.15, -0.1) is 0 Å². The highest BCUT2D eigenvalue weighted by atomic mass is 16.5. The molecule has 0 bridgehead atoms. The van der Waals surface area contributed by atoms with E-state index in [1.54, 1.807) is 0 Å². The fraction of sp³-hybridized carbons (Fsp3) is 0.438. The Morgan fingerprint density at radius 3 is 2.90 bits per heavy atom. The number of aliphatic hydroxyl groups is 1.